The van der Waals surface area contributed by atoms with E-state index < -0.39 is 9.84 Å². The molecule has 0 amide bonds. The summed E-state index contributed by atoms with van der Waals surface area (Å²) in [5.74, 6) is 0.0468. The zero-order valence-electron chi connectivity index (χ0n) is 7.78. The van der Waals surface area contributed by atoms with Gasteiger partial charge in [-0.25, -0.2) is 8.42 Å². The third kappa shape index (κ3) is 1.35. The van der Waals surface area contributed by atoms with Gasteiger partial charge in [0.05, 0.1) is 4.90 Å². The first-order valence-electron chi connectivity index (χ1n) is 4.35. The molecule has 0 saturated carbocycles. The average molecular weight is 210 g/mol. The molecule has 0 N–H and O–H groups in total. The van der Waals surface area contributed by atoms with Crippen molar-refractivity contribution < 1.29 is 13.2 Å². The molecule has 4 heteroatoms. The first-order chi connectivity index (χ1) is 6.50. The van der Waals surface area contributed by atoms with Crippen molar-refractivity contribution in [1.29, 1.82) is 0 Å². The summed E-state index contributed by atoms with van der Waals surface area (Å²) in [7, 11) is -3.20. The molecule has 0 fully saturated rings. The summed E-state index contributed by atoms with van der Waals surface area (Å²) in [6.45, 7) is 0. The van der Waals surface area contributed by atoms with E-state index in [-0.39, 0.29) is 5.78 Å². The minimum atomic E-state index is -3.20. The van der Waals surface area contributed by atoms with Crippen LogP contribution in [0.3, 0.4) is 0 Å². The molecule has 0 spiro atoms. The van der Waals surface area contributed by atoms with Gasteiger partial charge in [0.1, 0.15) is 0 Å². The number of ketones is 1. The monoisotopic (exact) mass is 210 g/mol. The Morgan fingerprint density at radius 2 is 1.93 bits per heavy atom. The molecule has 1 aromatic rings. The second kappa shape index (κ2) is 2.92. The molecule has 0 atom stereocenters. The molecule has 0 bridgehead atoms. The van der Waals surface area contributed by atoms with Crippen LogP contribution in [0.15, 0.2) is 23.1 Å². The highest BCUT2D eigenvalue weighted by molar-refractivity contribution is 7.90. The van der Waals surface area contributed by atoms with Crippen LogP contribution in [0.1, 0.15) is 22.3 Å². The van der Waals surface area contributed by atoms with Crippen molar-refractivity contribution in [3.05, 3.63) is 29.3 Å². The van der Waals surface area contributed by atoms with Crippen LogP contribution >= 0.6 is 0 Å². The number of Topliss-reactive ketones (excluding diaryl/α,β-unsaturated/α-hetero) is 1. The van der Waals surface area contributed by atoms with Gasteiger partial charge in [0.15, 0.2) is 15.6 Å². The van der Waals surface area contributed by atoms with Gasteiger partial charge in [-0.1, -0.05) is 12.1 Å². The Labute approximate surface area is 82.7 Å². The highest BCUT2D eigenvalue weighted by Gasteiger charge is 2.25. The van der Waals surface area contributed by atoms with Crippen LogP contribution in [0.5, 0.6) is 0 Å². The van der Waals surface area contributed by atoms with Gasteiger partial charge in [-0.3, -0.25) is 4.79 Å². The number of rotatable bonds is 1. The molecule has 14 heavy (non-hydrogen) atoms. The Kier molecular flexibility index (Phi) is 1.96. The fraction of sp³-hybridized carbons (Fsp3) is 0.300. The van der Waals surface area contributed by atoms with E-state index in [4.69, 9.17) is 0 Å². The lowest BCUT2D eigenvalue weighted by Gasteiger charge is -2.04. The third-order valence-corrected chi connectivity index (χ3v) is 3.62. The van der Waals surface area contributed by atoms with E-state index in [1.807, 2.05) is 0 Å². The van der Waals surface area contributed by atoms with E-state index in [1.54, 1.807) is 18.2 Å². The SMILES string of the molecule is CS(=O)(=O)c1cccc2c1CCC2=O. The zero-order chi connectivity index (χ0) is 10.3. The molecular weight excluding hydrogens is 200 g/mol. The molecule has 3 nitrogen and oxygen atoms in total. The lowest BCUT2D eigenvalue weighted by Crippen LogP contribution is -2.02. The normalized spacial score (nSPS) is 15.6. The highest BCUT2D eigenvalue weighted by atomic mass is 32.2. The minimum Gasteiger partial charge on any atom is -0.294 e. The second-order valence-corrected chi connectivity index (χ2v) is 5.46. The summed E-state index contributed by atoms with van der Waals surface area (Å²) in [5, 5.41) is 0. The maximum absolute atomic E-state index is 11.4. The van der Waals surface area contributed by atoms with E-state index in [1.165, 1.54) is 6.26 Å². The van der Waals surface area contributed by atoms with Crippen LogP contribution in [0, 0.1) is 0 Å². The molecule has 0 aromatic heterocycles. The molecule has 0 heterocycles. The Hall–Kier alpha value is -1.16. The predicted octanol–water partition coefficient (Wildman–Crippen LogP) is 1.22. The van der Waals surface area contributed by atoms with Crippen molar-refractivity contribution in [2.75, 3.05) is 6.26 Å². The number of carbonyl (C=O) groups excluding carboxylic acids is 1. The molecule has 1 aliphatic rings. The van der Waals surface area contributed by atoms with Crippen molar-refractivity contribution >= 4 is 15.6 Å². The van der Waals surface area contributed by atoms with Crippen LogP contribution in [0.2, 0.25) is 0 Å². The van der Waals surface area contributed by atoms with Crippen molar-refractivity contribution in [2.24, 2.45) is 0 Å². The topological polar surface area (TPSA) is 51.2 Å². The Balaban J connectivity index is 2.73. The van der Waals surface area contributed by atoms with Gasteiger partial charge in [0.25, 0.3) is 0 Å². The van der Waals surface area contributed by atoms with Gasteiger partial charge in [-0.05, 0) is 18.1 Å². The molecule has 1 aliphatic carbocycles. The highest BCUT2D eigenvalue weighted by Crippen LogP contribution is 2.27. The summed E-state index contributed by atoms with van der Waals surface area (Å²) in [6, 6.07) is 4.88. The van der Waals surface area contributed by atoms with E-state index in [0.717, 1.165) is 0 Å². The molecular formula is C10H10O3S. The Morgan fingerprint density at radius 1 is 1.21 bits per heavy atom. The lowest BCUT2D eigenvalue weighted by molar-refractivity contribution is 0.0994. The van der Waals surface area contributed by atoms with E-state index >= 15 is 0 Å². The van der Waals surface area contributed by atoms with Gasteiger partial charge in [-0.2, -0.15) is 0 Å². The fourth-order valence-electron chi connectivity index (χ4n) is 1.81. The van der Waals surface area contributed by atoms with Gasteiger partial charge in [0.2, 0.25) is 0 Å². The van der Waals surface area contributed by atoms with Gasteiger partial charge < -0.3 is 0 Å². The third-order valence-electron chi connectivity index (χ3n) is 2.43. The molecule has 0 saturated heterocycles. The van der Waals surface area contributed by atoms with E-state index in [0.29, 0.717) is 28.9 Å². The van der Waals surface area contributed by atoms with Crippen LogP contribution in [-0.4, -0.2) is 20.5 Å². The summed E-state index contributed by atoms with van der Waals surface area (Å²) in [5.41, 5.74) is 1.27. The van der Waals surface area contributed by atoms with Crippen molar-refractivity contribution in [3.8, 4) is 0 Å². The Bertz CT molecular complexity index is 500. The molecule has 0 aliphatic heterocycles. The largest absolute Gasteiger partial charge is 0.294 e. The number of carbonyl (C=O) groups is 1. The number of fused-ring (bicyclic) bond motifs is 1. The van der Waals surface area contributed by atoms with Gasteiger partial charge >= 0.3 is 0 Å². The quantitative estimate of drug-likeness (QED) is 0.700. The fourth-order valence-corrected chi connectivity index (χ4v) is 2.79. The predicted molar refractivity (Wildman–Crippen MR) is 52.2 cm³/mol. The maximum atomic E-state index is 11.4. The molecule has 2 rings (SSSR count). The van der Waals surface area contributed by atoms with E-state index in [9.17, 15) is 13.2 Å². The molecule has 1 aromatic carbocycles. The average Bonchev–Trinajstić information content (AvgIpc) is 2.46. The number of hydrogen-bond acceptors (Lipinski definition) is 3. The number of hydrogen-bond donors (Lipinski definition) is 0. The zero-order valence-corrected chi connectivity index (χ0v) is 8.60. The number of benzene rings is 1. The van der Waals surface area contributed by atoms with Crippen molar-refractivity contribution in [3.63, 3.8) is 0 Å². The summed E-state index contributed by atoms with van der Waals surface area (Å²) >= 11 is 0. The van der Waals surface area contributed by atoms with Crippen molar-refractivity contribution in [1.82, 2.24) is 0 Å². The van der Waals surface area contributed by atoms with Crippen LogP contribution in [-0.2, 0) is 16.3 Å². The Morgan fingerprint density at radius 3 is 2.57 bits per heavy atom. The van der Waals surface area contributed by atoms with Crippen molar-refractivity contribution in [2.45, 2.75) is 17.7 Å². The minimum absolute atomic E-state index is 0.0468. The first-order valence-corrected chi connectivity index (χ1v) is 6.24. The molecule has 0 unspecified atom stereocenters. The van der Waals surface area contributed by atoms with Crippen LogP contribution < -0.4 is 0 Å². The van der Waals surface area contributed by atoms with Crippen LogP contribution in [0.25, 0.3) is 0 Å². The van der Waals surface area contributed by atoms with Gasteiger partial charge in [-0.15, -0.1) is 0 Å². The smallest absolute Gasteiger partial charge is 0.175 e. The second-order valence-electron chi connectivity index (χ2n) is 3.48. The maximum Gasteiger partial charge on any atom is 0.175 e. The number of sulfone groups is 1. The molecule has 0 radical (unpaired) electrons. The first kappa shape index (κ1) is 9.40. The summed E-state index contributed by atoms with van der Waals surface area (Å²) < 4.78 is 22.8. The van der Waals surface area contributed by atoms with Gasteiger partial charge in [0, 0.05) is 18.2 Å². The standard InChI is InChI=1S/C10H10O3S/c1-14(12,13)10-4-2-3-7-8(10)5-6-9(7)11/h2-4H,5-6H2,1H3. The van der Waals surface area contributed by atoms with Crippen LogP contribution in [0.4, 0.5) is 0 Å². The molecule has 74 valence electrons. The summed E-state index contributed by atoms with van der Waals surface area (Å²) in [4.78, 5) is 11.7. The summed E-state index contributed by atoms with van der Waals surface area (Å²) in [6.07, 6.45) is 2.16. The van der Waals surface area contributed by atoms with E-state index in [2.05, 4.69) is 0 Å². The lowest BCUT2D eigenvalue weighted by atomic mass is 10.1.